The van der Waals surface area contributed by atoms with Crippen molar-refractivity contribution < 1.29 is 9.90 Å². The van der Waals surface area contributed by atoms with E-state index in [2.05, 4.69) is 10.2 Å². The number of rotatable bonds is 5. The molecule has 1 aliphatic carbocycles. The van der Waals surface area contributed by atoms with Crippen LogP contribution in [-0.2, 0) is 4.79 Å². The van der Waals surface area contributed by atoms with E-state index in [0.717, 1.165) is 31.5 Å². The topological polar surface area (TPSA) is 52.6 Å². The minimum atomic E-state index is -0.723. The molecule has 92 valence electrons. The third kappa shape index (κ3) is 2.55. The molecule has 0 aromatic rings. The molecule has 16 heavy (non-hydrogen) atoms. The highest BCUT2D eigenvalue weighted by atomic mass is 16.4. The van der Waals surface area contributed by atoms with Crippen LogP contribution in [0.3, 0.4) is 0 Å². The van der Waals surface area contributed by atoms with Gasteiger partial charge in [-0.05, 0) is 31.2 Å². The van der Waals surface area contributed by atoms with E-state index < -0.39 is 12.0 Å². The Hall–Kier alpha value is -0.610. The molecule has 2 rings (SSSR count). The molecule has 0 amide bonds. The molecule has 2 aliphatic rings. The summed E-state index contributed by atoms with van der Waals surface area (Å²) >= 11 is 0. The Morgan fingerprint density at radius 3 is 2.56 bits per heavy atom. The van der Waals surface area contributed by atoms with Crippen LogP contribution in [-0.4, -0.2) is 48.2 Å². The second-order valence-corrected chi connectivity index (χ2v) is 5.12. The zero-order chi connectivity index (χ0) is 11.5. The number of fused-ring (bicyclic) bond motifs is 1. The Balaban J connectivity index is 1.83. The van der Waals surface area contributed by atoms with Crippen molar-refractivity contribution in [1.82, 2.24) is 10.2 Å². The zero-order valence-electron chi connectivity index (χ0n) is 9.98. The fourth-order valence-corrected chi connectivity index (χ4v) is 3.22. The molecular formula is C12H22N2O2. The van der Waals surface area contributed by atoms with Crippen LogP contribution >= 0.6 is 0 Å². The Morgan fingerprint density at radius 2 is 2.06 bits per heavy atom. The molecule has 0 radical (unpaired) electrons. The largest absolute Gasteiger partial charge is 0.480 e. The van der Waals surface area contributed by atoms with Gasteiger partial charge in [-0.15, -0.1) is 0 Å². The molecule has 4 heteroatoms. The van der Waals surface area contributed by atoms with Gasteiger partial charge in [-0.25, -0.2) is 0 Å². The molecule has 3 unspecified atom stereocenters. The lowest BCUT2D eigenvalue weighted by Gasteiger charge is -2.22. The van der Waals surface area contributed by atoms with Crippen molar-refractivity contribution in [3.05, 3.63) is 0 Å². The van der Waals surface area contributed by atoms with Crippen molar-refractivity contribution in [1.29, 1.82) is 0 Å². The normalized spacial score (nSPS) is 31.6. The first-order chi connectivity index (χ1) is 7.70. The second kappa shape index (κ2) is 5.15. The van der Waals surface area contributed by atoms with E-state index in [4.69, 9.17) is 5.11 Å². The Bertz CT molecular complexity index is 245. The molecule has 2 fully saturated rings. The summed E-state index contributed by atoms with van der Waals surface area (Å²) in [7, 11) is 0. The molecule has 3 atom stereocenters. The number of hydrogen-bond donors (Lipinski definition) is 2. The van der Waals surface area contributed by atoms with E-state index in [0.29, 0.717) is 6.54 Å². The maximum atomic E-state index is 11.0. The fourth-order valence-electron chi connectivity index (χ4n) is 3.22. The van der Waals surface area contributed by atoms with Crippen molar-refractivity contribution in [2.24, 2.45) is 11.8 Å². The van der Waals surface area contributed by atoms with Crippen LogP contribution in [0.5, 0.6) is 0 Å². The molecule has 4 nitrogen and oxygen atoms in total. The van der Waals surface area contributed by atoms with E-state index in [9.17, 15) is 4.79 Å². The predicted molar refractivity (Wildman–Crippen MR) is 62.4 cm³/mol. The number of nitrogens with one attached hydrogen (secondary N) is 1. The first-order valence-corrected chi connectivity index (χ1v) is 6.39. The monoisotopic (exact) mass is 226 g/mol. The Labute approximate surface area is 97.0 Å². The number of likely N-dealkylation sites (N-methyl/N-ethyl adjacent to an activating group) is 1. The summed E-state index contributed by atoms with van der Waals surface area (Å²) in [5, 5.41) is 12.1. The van der Waals surface area contributed by atoms with Gasteiger partial charge in [0.1, 0.15) is 6.04 Å². The van der Waals surface area contributed by atoms with Crippen LogP contribution in [0, 0.1) is 11.8 Å². The Morgan fingerprint density at radius 1 is 1.44 bits per heavy atom. The first kappa shape index (κ1) is 11.9. The number of carboxylic acids is 1. The first-order valence-electron chi connectivity index (χ1n) is 6.39. The smallest absolute Gasteiger partial charge is 0.322 e. The van der Waals surface area contributed by atoms with Crippen molar-refractivity contribution in [2.45, 2.75) is 32.2 Å². The highest BCUT2D eigenvalue weighted by Gasteiger charge is 2.37. The van der Waals surface area contributed by atoms with Gasteiger partial charge in [-0.1, -0.05) is 13.3 Å². The van der Waals surface area contributed by atoms with Gasteiger partial charge in [0.25, 0.3) is 0 Å². The second-order valence-electron chi connectivity index (χ2n) is 5.12. The molecule has 1 saturated carbocycles. The minimum absolute atomic E-state index is 0.399. The molecule has 2 N–H and O–H groups in total. The number of carboxylic acid groups (broad SMARTS) is 1. The van der Waals surface area contributed by atoms with Crippen molar-refractivity contribution in [2.75, 3.05) is 26.2 Å². The van der Waals surface area contributed by atoms with Gasteiger partial charge >= 0.3 is 5.97 Å². The lowest BCUT2D eigenvalue weighted by atomic mass is 10.0. The highest BCUT2D eigenvalue weighted by molar-refractivity contribution is 5.73. The van der Waals surface area contributed by atoms with Crippen molar-refractivity contribution in [3.63, 3.8) is 0 Å². The van der Waals surface area contributed by atoms with Crippen LogP contribution in [0.25, 0.3) is 0 Å². The quantitative estimate of drug-likeness (QED) is 0.727. The van der Waals surface area contributed by atoms with Crippen molar-refractivity contribution >= 4 is 5.97 Å². The van der Waals surface area contributed by atoms with Gasteiger partial charge in [-0.2, -0.15) is 0 Å². The summed E-state index contributed by atoms with van der Waals surface area (Å²) in [6, 6.07) is -0.399. The maximum absolute atomic E-state index is 11.0. The van der Waals surface area contributed by atoms with E-state index in [-0.39, 0.29) is 0 Å². The predicted octanol–water partition coefficient (Wildman–Crippen LogP) is 0.781. The van der Waals surface area contributed by atoms with Gasteiger partial charge < -0.3 is 15.3 Å². The van der Waals surface area contributed by atoms with Crippen LogP contribution in [0.1, 0.15) is 26.2 Å². The lowest BCUT2D eigenvalue weighted by Crippen LogP contribution is -2.45. The molecule has 0 spiro atoms. The van der Waals surface area contributed by atoms with Gasteiger partial charge in [0.05, 0.1) is 0 Å². The molecule has 1 heterocycles. The van der Waals surface area contributed by atoms with E-state index in [1.807, 2.05) is 6.92 Å². The van der Waals surface area contributed by atoms with E-state index in [1.165, 1.54) is 19.3 Å². The molecule has 0 aromatic carbocycles. The highest BCUT2D eigenvalue weighted by Crippen LogP contribution is 2.37. The standard InChI is InChI=1S/C12H22N2O2/c1-2-13-11(12(15)16)8-14-6-9-4-3-5-10(9)7-14/h9-11,13H,2-8H2,1H3,(H,15,16). The zero-order valence-corrected chi connectivity index (χ0v) is 9.98. The number of likely N-dealkylation sites (tertiary alicyclic amines) is 1. The number of nitrogens with zero attached hydrogens (tertiary/aromatic N) is 1. The van der Waals surface area contributed by atoms with Gasteiger partial charge in [0.15, 0.2) is 0 Å². The lowest BCUT2D eigenvalue weighted by molar-refractivity contribution is -0.139. The molecule has 1 aliphatic heterocycles. The van der Waals surface area contributed by atoms with E-state index >= 15 is 0 Å². The summed E-state index contributed by atoms with van der Waals surface area (Å²) in [6.07, 6.45) is 4.07. The third-order valence-corrected chi connectivity index (χ3v) is 3.99. The van der Waals surface area contributed by atoms with Gasteiger partial charge in [0.2, 0.25) is 0 Å². The maximum Gasteiger partial charge on any atom is 0.322 e. The SMILES string of the molecule is CCNC(CN1CC2CCCC2C1)C(=O)O. The average Bonchev–Trinajstić information content (AvgIpc) is 2.76. The molecule has 1 saturated heterocycles. The fraction of sp³-hybridized carbons (Fsp3) is 0.917. The molecule has 0 aromatic heterocycles. The van der Waals surface area contributed by atoms with Gasteiger partial charge in [-0.3, -0.25) is 4.79 Å². The summed E-state index contributed by atoms with van der Waals surface area (Å²) < 4.78 is 0. The Kier molecular flexibility index (Phi) is 3.82. The summed E-state index contributed by atoms with van der Waals surface area (Å²) in [4.78, 5) is 13.4. The number of aliphatic carboxylic acids is 1. The number of carbonyl (C=O) groups is 1. The van der Waals surface area contributed by atoms with Crippen molar-refractivity contribution in [3.8, 4) is 0 Å². The summed E-state index contributed by atoms with van der Waals surface area (Å²) in [5.74, 6) is 0.964. The molecule has 0 bridgehead atoms. The van der Waals surface area contributed by atoms with Crippen LogP contribution < -0.4 is 5.32 Å². The van der Waals surface area contributed by atoms with E-state index in [1.54, 1.807) is 0 Å². The van der Waals surface area contributed by atoms with Crippen LogP contribution in [0.4, 0.5) is 0 Å². The minimum Gasteiger partial charge on any atom is -0.480 e. The molecular weight excluding hydrogens is 204 g/mol. The third-order valence-electron chi connectivity index (χ3n) is 3.99. The number of hydrogen-bond acceptors (Lipinski definition) is 3. The van der Waals surface area contributed by atoms with Crippen LogP contribution in [0.2, 0.25) is 0 Å². The summed E-state index contributed by atoms with van der Waals surface area (Å²) in [5.41, 5.74) is 0. The average molecular weight is 226 g/mol. The van der Waals surface area contributed by atoms with Gasteiger partial charge in [0, 0.05) is 19.6 Å². The summed E-state index contributed by atoms with van der Waals surface area (Å²) in [6.45, 7) is 5.56. The van der Waals surface area contributed by atoms with Crippen LogP contribution in [0.15, 0.2) is 0 Å².